The van der Waals surface area contributed by atoms with Crippen LogP contribution in [0.5, 0.6) is 0 Å². The molecule has 0 aromatic heterocycles. The average Bonchev–Trinajstić information content (AvgIpc) is 2.88. The highest BCUT2D eigenvalue weighted by Crippen LogP contribution is 2.49. The second-order valence-corrected chi connectivity index (χ2v) is 5.63. The summed E-state index contributed by atoms with van der Waals surface area (Å²) in [5.41, 5.74) is 0.386. The monoisotopic (exact) mass is 255 g/mol. The minimum absolute atomic E-state index is 0.157. The summed E-state index contributed by atoms with van der Waals surface area (Å²) < 4.78 is 37.4. The molecule has 3 rings (SSSR count). The Labute approximate surface area is 104 Å². The van der Waals surface area contributed by atoms with E-state index in [4.69, 9.17) is 0 Å². The number of hydrogen-bond donors (Lipinski definition) is 1. The lowest BCUT2D eigenvalue weighted by atomic mass is 9.93. The fourth-order valence-electron chi connectivity index (χ4n) is 3.42. The third-order valence-corrected chi connectivity index (χ3v) is 4.36. The molecule has 0 heterocycles. The highest BCUT2D eigenvalue weighted by molar-refractivity contribution is 5.48. The van der Waals surface area contributed by atoms with Crippen LogP contribution in [0.1, 0.15) is 37.7 Å². The Morgan fingerprint density at radius 3 is 2.11 bits per heavy atom. The summed E-state index contributed by atoms with van der Waals surface area (Å²) in [4.78, 5) is 0. The molecule has 2 bridgehead atoms. The van der Waals surface area contributed by atoms with E-state index in [2.05, 4.69) is 5.32 Å². The van der Waals surface area contributed by atoms with Gasteiger partial charge in [-0.1, -0.05) is 0 Å². The van der Waals surface area contributed by atoms with Gasteiger partial charge in [0.15, 0.2) is 0 Å². The van der Waals surface area contributed by atoms with Crippen molar-refractivity contribution in [2.45, 2.75) is 43.8 Å². The van der Waals surface area contributed by atoms with Crippen LogP contribution in [-0.4, -0.2) is 5.54 Å². The molecule has 18 heavy (non-hydrogen) atoms. The molecular formula is C14H16F3N. The largest absolute Gasteiger partial charge is 0.416 e. The van der Waals surface area contributed by atoms with Gasteiger partial charge in [0.2, 0.25) is 0 Å². The molecule has 2 aliphatic rings. The highest BCUT2D eigenvalue weighted by atomic mass is 19.4. The molecule has 1 nitrogen and oxygen atoms in total. The first-order valence-corrected chi connectivity index (χ1v) is 6.42. The van der Waals surface area contributed by atoms with Gasteiger partial charge in [-0.3, -0.25) is 0 Å². The number of alkyl halides is 3. The molecule has 0 aliphatic heterocycles. The van der Waals surface area contributed by atoms with E-state index in [9.17, 15) is 13.2 Å². The molecule has 98 valence electrons. The Morgan fingerprint density at radius 1 is 1.06 bits per heavy atom. The molecule has 0 radical (unpaired) electrons. The summed E-state index contributed by atoms with van der Waals surface area (Å²) in [6.07, 6.45) is 1.75. The summed E-state index contributed by atoms with van der Waals surface area (Å²) in [7, 11) is 0. The van der Waals surface area contributed by atoms with Crippen LogP contribution in [0.3, 0.4) is 0 Å². The third kappa shape index (κ3) is 2.08. The number of fused-ring (bicyclic) bond motifs is 2. The second kappa shape index (κ2) is 3.90. The molecule has 4 heteroatoms. The van der Waals surface area contributed by atoms with E-state index in [1.807, 2.05) is 0 Å². The van der Waals surface area contributed by atoms with E-state index in [0.717, 1.165) is 36.6 Å². The van der Waals surface area contributed by atoms with Crippen molar-refractivity contribution in [3.63, 3.8) is 0 Å². The fraction of sp³-hybridized carbons (Fsp3) is 0.571. The summed E-state index contributed by atoms with van der Waals surface area (Å²) in [5, 5.41) is 3.46. The van der Waals surface area contributed by atoms with Crippen molar-refractivity contribution in [1.82, 2.24) is 0 Å². The van der Waals surface area contributed by atoms with Gasteiger partial charge in [0.25, 0.3) is 0 Å². The molecule has 2 saturated carbocycles. The molecule has 1 aromatic carbocycles. The van der Waals surface area contributed by atoms with E-state index in [0.29, 0.717) is 0 Å². The van der Waals surface area contributed by atoms with E-state index < -0.39 is 11.7 Å². The van der Waals surface area contributed by atoms with Crippen LogP contribution in [0.4, 0.5) is 18.9 Å². The zero-order chi connectivity index (χ0) is 12.8. The predicted octanol–water partition coefficient (Wildman–Crippen LogP) is 4.45. The molecule has 0 amide bonds. The first kappa shape index (κ1) is 11.9. The maximum absolute atomic E-state index is 12.5. The van der Waals surface area contributed by atoms with Crippen molar-refractivity contribution in [2.24, 2.45) is 5.92 Å². The van der Waals surface area contributed by atoms with Crippen molar-refractivity contribution in [3.8, 4) is 0 Å². The van der Waals surface area contributed by atoms with Crippen LogP contribution in [0.25, 0.3) is 0 Å². The van der Waals surface area contributed by atoms with Crippen molar-refractivity contribution in [3.05, 3.63) is 29.8 Å². The SMILES string of the molecule is FC(F)(F)c1ccc(NC23CCC(CC2)C3)cc1. The normalized spacial score (nSPS) is 30.7. The van der Waals surface area contributed by atoms with E-state index in [1.165, 1.54) is 19.3 Å². The average molecular weight is 255 g/mol. The number of halogens is 3. The van der Waals surface area contributed by atoms with Gasteiger partial charge < -0.3 is 5.32 Å². The Kier molecular flexibility index (Phi) is 2.57. The van der Waals surface area contributed by atoms with Crippen molar-refractivity contribution < 1.29 is 13.2 Å². The predicted molar refractivity (Wildman–Crippen MR) is 64.4 cm³/mol. The smallest absolute Gasteiger partial charge is 0.380 e. The van der Waals surface area contributed by atoms with Crippen LogP contribution in [0.2, 0.25) is 0 Å². The zero-order valence-corrected chi connectivity index (χ0v) is 10.1. The maximum Gasteiger partial charge on any atom is 0.416 e. The fourth-order valence-corrected chi connectivity index (χ4v) is 3.42. The summed E-state index contributed by atoms with van der Waals surface area (Å²) in [6.45, 7) is 0. The van der Waals surface area contributed by atoms with E-state index in [1.54, 1.807) is 12.1 Å². The number of hydrogen-bond acceptors (Lipinski definition) is 1. The van der Waals surface area contributed by atoms with Gasteiger partial charge in [0, 0.05) is 11.2 Å². The Bertz CT molecular complexity index is 427. The van der Waals surface area contributed by atoms with Gasteiger partial charge in [0.05, 0.1) is 5.56 Å². The van der Waals surface area contributed by atoms with Gasteiger partial charge in [0.1, 0.15) is 0 Å². The molecule has 2 aliphatic carbocycles. The van der Waals surface area contributed by atoms with Gasteiger partial charge in [-0.25, -0.2) is 0 Å². The first-order chi connectivity index (χ1) is 8.47. The van der Waals surface area contributed by atoms with Crippen LogP contribution in [-0.2, 0) is 6.18 Å². The number of rotatable bonds is 2. The molecule has 1 aromatic rings. The highest BCUT2D eigenvalue weighted by Gasteiger charge is 2.44. The zero-order valence-electron chi connectivity index (χ0n) is 10.1. The van der Waals surface area contributed by atoms with Crippen molar-refractivity contribution >= 4 is 5.69 Å². The number of nitrogens with one attached hydrogen (secondary N) is 1. The summed E-state index contributed by atoms with van der Waals surface area (Å²) >= 11 is 0. The second-order valence-electron chi connectivity index (χ2n) is 5.63. The molecule has 0 unspecified atom stereocenters. The Balaban J connectivity index is 1.74. The lowest BCUT2D eigenvalue weighted by Crippen LogP contribution is -2.32. The molecule has 1 N–H and O–H groups in total. The first-order valence-electron chi connectivity index (χ1n) is 6.42. The molecular weight excluding hydrogens is 239 g/mol. The Morgan fingerprint density at radius 2 is 1.67 bits per heavy atom. The standard InChI is InChI=1S/C14H16F3N/c15-14(16,17)11-1-3-12(4-2-11)18-13-7-5-10(9-13)6-8-13/h1-4,10,18H,5-9H2. The lowest BCUT2D eigenvalue weighted by molar-refractivity contribution is -0.137. The molecule has 0 spiro atoms. The Hall–Kier alpha value is -1.19. The van der Waals surface area contributed by atoms with Crippen LogP contribution >= 0.6 is 0 Å². The van der Waals surface area contributed by atoms with Gasteiger partial charge in [-0.2, -0.15) is 13.2 Å². The van der Waals surface area contributed by atoms with E-state index >= 15 is 0 Å². The van der Waals surface area contributed by atoms with Gasteiger partial charge in [-0.15, -0.1) is 0 Å². The number of anilines is 1. The minimum atomic E-state index is -4.25. The van der Waals surface area contributed by atoms with Crippen LogP contribution in [0.15, 0.2) is 24.3 Å². The van der Waals surface area contributed by atoms with Crippen molar-refractivity contribution in [1.29, 1.82) is 0 Å². The lowest BCUT2D eigenvalue weighted by Gasteiger charge is -2.29. The van der Waals surface area contributed by atoms with Gasteiger partial charge in [-0.05, 0) is 62.3 Å². The molecule has 2 fully saturated rings. The third-order valence-electron chi connectivity index (χ3n) is 4.36. The topological polar surface area (TPSA) is 12.0 Å². The maximum atomic E-state index is 12.5. The molecule has 0 atom stereocenters. The summed E-state index contributed by atoms with van der Waals surface area (Å²) in [6, 6.07) is 5.40. The quantitative estimate of drug-likeness (QED) is 0.823. The molecule has 0 saturated heterocycles. The van der Waals surface area contributed by atoms with E-state index in [-0.39, 0.29) is 5.54 Å². The van der Waals surface area contributed by atoms with Gasteiger partial charge >= 0.3 is 6.18 Å². The van der Waals surface area contributed by atoms with Crippen LogP contribution in [0, 0.1) is 5.92 Å². The number of benzene rings is 1. The van der Waals surface area contributed by atoms with Crippen molar-refractivity contribution in [2.75, 3.05) is 5.32 Å². The summed E-state index contributed by atoms with van der Waals surface area (Å²) in [5.74, 6) is 0.826. The minimum Gasteiger partial charge on any atom is -0.380 e. The van der Waals surface area contributed by atoms with Crippen LogP contribution < -0.4 is 5.32 Å².